The Kier molecular flexibility index (Phi) is 3.96. The third-order valence-electron chi connectivity index (χ3n) is 8.09. The first-order valence-electron chi connectivity index (χ1n) is 12.7. The van der Waals surface area contributed by atoms with Gasteiger partial charge in [-0.3, -0.25) is 0 Å². The zero-order valence-electron chi connectivity index (χ0n) is 19.9. The van der Waals surface area contributed by atoms with Crippen LogP contribution in [0.3, 0.4) is 0 Å². The van der Waals surface area contributed by atoms with E-state index in [1.54, 1.807) is 0 Å². The van der Waals surface area contributed by atoms with E-state index in [-0.39, 0.29) is 0 Å². The first kappa shape index (κ1) is 20.1. The first-order chi connectivity index (χ1) is 18.3. The van der Waals surface area contributed by atoms with Crippen LogP contribution in [0.25, 0.3) is 73.4 Å². The summed E-state index contributed by atoms with van der Waals surface area (Å²) in [4.78, 5) is 0. The van der Waals surface area contributed by atoms with E-state index in [1.165, 1.54) is 84.5 Å². The monoisotopic (exact) mass is 504 g/mol. The van der Waals surface area contributed by atoms with Crippen molar-refractivity contribution in [1.29, 1.82) is 0 Å². The van der Waals surface area contributed by atoms with Crippen LogP contribution in [0.4, 0.5) is 0 Å². The summed E-state index contributed by atoms with van der Waals surface area (Å²) in [6, 6.07) is 40.6. The maximum absolute atomic E-state index is 2.44. The van der Waals surface area contributed by atoms with Gasteiger partial charge in [-0.05, 0) is 63.0 Å². The lowest BCUT2D eigenvalue weighted by molar-refractivity contribution is 1.29. The molecule has 0 nitrogen and oxygen atoms in total. The molecule has 9 rings (SSSR count). The topological polar surface area (TPSA) is 0 Å². The van der Waals surface area contributed by atoms with Crippen LogP contribution in [-0.4, -0.2) is 0 Å². The molecule has 0 fully saturated rings. The first-order valence-corrected chi connectivity index (χ1v) is 14.4. The minimum atomic E-state index is 1.00. The Morgan fingerprint density at radius 1 is 0.486 bits per heavy atom. The van der Waals surface area contributed by atoms with Crippen LogP contribution in [0.15, 0.2) is 109 Å². The molecule has 2 heterocycles. The molecule has 0 saturated heterocycles. The van der Waals surface area contributed by atoms with Crippen LogP contribution >= 0.6 is 22.7 Å². The Hall–Kier alpha value is -3.98. The number of rotatable bonds is 1. The lowest BCUT2D eigenvalue weighted by Gasteiger charge is -2.12. The number of hydrogen-bond acceptors (Lipinski definition) is 2. The molecule has 0 radical (unpaired) electrons. The van der Waals surface area contributed by atoms with Gasteiger partial charge in [0.05, 0.1) is 0 Å². The zero-order chi connectivity index (χ0) is 24.1. The van der Waals surface area contributed by atoms with Crippen molar-refractivity contribution in [2.75, 3.05) is 0 Å². The normalized spacial score (nSPS) is 12.8. The van der Waals surface area contributed by atoms with Crippen molar-refractivity contribution in [3.8, 4) is 22.3 Å². The van der Waals surface area contributed by atoms with Crippen LogP contribution in [0.1, 0.15) is 11.1 Å². The maximum Gasteiger partial charge on any atom is 0.0403 e. The van der Waals surface area contributed by atoms with E-state index in [9.17, 15) is 0 Å². The third kappa shape index (κ3) is 2.67. The van der Waals surface area contributed by atoms with Crippen molar-refractivity contribution in [1.82, 2.24) is 0 Å². The van der Waals surface area contributed by atoms with Crippen molar-refractivity contribution in [2.24, 2.45) is 0 Å². The molecule has 1 aliphatic rings. The summed E-state index contributed by atoms with van der Waals surface area (Å²) in [6.45, 7) is 0. The Labute approximate surface area is 222 Å². The van der Waals surface area contributed by atoms with Crippen LogP contribution in [0.5, 0.6) is 0 Å². The van der Waals surface area contributed by atoms with E-state index in [1.807, 2.05) is 22.7 Å². The molecule has 0 aliphatic heterocycles. The summed E-state index contributed by atoms with van der Waals surface area (Å²) in [7, 11) is 0. The second-order valence-corrected chi connectivity index (χ2v) is 12.2. The second kappa shape index (κ2) is 7.29. The molecule has 0 unspecified atom stereocenters. The van der Waals surface area contributed by atoms with Crippen molar-refractivity contribution >= 4 is 73.8 Å². The Morgan fingerprint density at radius 2 is 1.22 bits per heavy atom. The summed E-state index contributed by atoms with van der Waals surface area (Å²) in [5.41, 5.74) is 8.36. The Bertz CT molecular complexity index is 2210. The third-order valence-corrected chi connectivity index (χ3v) is 10.5. The number of benzene rings is 6. The molecule has 0 saturated carbocycles. The van der Waals surface area contributed by atoms with Crippen LogP contribution in [0, 0.1) is 0 Å². The number of thiophene rings is 2. The van der Waals surface area contributed by atoms with Gasteiger partial charge in [0.15, 0.2) is 0 Å². The largest absolute Gasteiger partial charge is 0.135 e. The van der Waals surface area contributed by atoms with Gasteiger partial charge in [-0.2, -0.15) is 0 Å². The van der Waals surface area contributed by atoms with Gasteiger partial charge in [-0.15, -0.1) is 22.7 Å². The molecule has 2 heteroatoms. The van der Waals surface area contributed by atoms with Gasteiger partial charge in [0.1, 0.15) is 0 Å². The van der Waals surface area contributed by atoms with Gasteiger partial charge in [-0.1, -0.05) is 84.9 Å². The predicted molar refractivity (Wildman–Crippen MR) is 163 cm³/mol. The van der Waals surface area contributed by atoms with Gasteiger partial charge < -0.3 is 0 Å². The van der Waals surface area contributed by atoms with E-state index < -0.39 is 0 Å². The van der Waals surface area contributed by atoms with Crippen molar-refractivity contribution < 1.29 is 0 Å². The standard InChI is InChI=1S/C35H20S2/c1-2-8-20(9-3-1)21-14-15-22-19-27-31(26(22)18-21)25-16-17-30-32(23-10-4-6-12-28(23)36-30)33(25)34-24-11-5-7-13-29(24)37-35(27)34/h1-18H,19H2. The molecule has 2 aromatic heterocycles. The molecular weight excluding hydrogens is 485 g/mol. The highest BCUT2D eigenvalue weighted by molar-refractivity contribution is 7.27. The maximum atomic E-state index is 2.44. The Morgan fingerprint density at radius 3 is 2.05 bits per heavy atom. The SMILES string of the molecule is c1ccc(-c2ccc3c(c2)-c2c(c4sc5ccccc5c4c4c2ccc2sc5ccccc5c24)C3)cc1. The fourth-order valence-electron chi connectivity index (χ4n) is 6.51. The molecule has 37 heavy (non-hydrogen) atoms. The van der Waals surface area contributed by atoms with Crippen molar-refractivity contribution in [3.05, 3.63) is 120 Å². The second-order valence-electron chi connectivity index (χ2n) is 10.0. The summed E-state index contributed by atoms with van der Waals surface area (Å²) < 4.78 is 5.58. The number of hydrogen-bond donors (Lipinski definition) is 0. The van der Waals surface area contributed by atoms with Gasteiger partial charge in [0.2, 0.25) is 0 Å². The summed E-state index contributed by atoms with van der Waals surface area (Å²) >= 11 is 3.89. The molecular formula is C35H20S2. The molecule has 6 aromatic carbocycles. The van der Waals surface area contributed by atoms with Gasteiger partial charge >= 0.3 is 0 Å². The fourth-order valence-corrected chi connectivity index (χ4v) is 8.88. The molecule has 0 N–H and O–H groups in total. The fraction of sp³-hybridized carbons (Fsp3) is 0.0286. The minimum Gasteiger partial charge on any atom is -0.135 e. The quantitative estimate of drug-likeness (QED) is 0.208. The molecule has 1 aliphatic carbocycles. The minimum absolute atomic E-state index is 1.00. The molecule has 0 spiro atoms. The molecule has 0 bridgehead atoms. The van der Waals surface area contributed by atoms with Crippen molar-refractivity contribution in [3.63, 3.8) is 0 Å². The van der Waals surface area contributed by atoms with E-state index in [0.29, 0.717) is 0 Å². The summed E-state index contributed by atoms with van der Waals surface area (Å²) in [6.07, 6.45) is 1.00. The lowest BCUT2D eigenvalue weighted by Crippen LogP contribution is -1.86. The molecule has 0 amide bonds. The van der Waals surface area contributed by atoms with Gasteiger partial charge in [0, 0.05) is 52.2 Å². The van der Waals surface area contributed by atoms with Crippen LogP contribution in [-0.2, 0) is 6.42 Å². The van der Waals surface area contributed by atoms with Crippen molar-refractivity contribution in [2.45, 2.75) is 6.42 Å². The van der Waals surface area contributed by atoms with Gasteiger partial charge in [-0.25, -0.2) is 0 Å². The molecule has 8 aromatic rings. The molecule has 172 valence electrons. The van der Waals surface area contributed by atoms with Gasteiger partial charge in [0.25, 0.3) is 0 Å². The summed E-state index contributed by atoms with van der Waals surface area (Å²) in [5, 5.41) is 8.45. The van der Waals surface area contributed by atoms with E-state index >= 15 is 0 Å². The average Bonchev–Trinajstić information content (AvgIpc) is 3.64. The zero-order valence-corrected chi connectivity index (χ0v) is 21.5. The lowest BCUT2D eigenvalue weighted by atomic mass is 9.91. The van der Waals surface area contributed by atoms with E-state index in [2.05, 4.69) is 109 Å². The smallest absolute Gasteiger partial charge is 0.0403 e. The predicted octanol–water partition coefficient (Wildman–Crippen LogP) is 10.8. The highest BCUT2D eigenvalue weighted by atomic mass is 32.1. The number of fused-ring (bicyclic) bond motifs is 14. The van der Waals surface area contributed by atoms with Crippen LogP contribution in [0.2, 0.25) is 0 Å². The average molecular weight is 505 g/mol. The Balaban J connectivity index is 1.51. The van der Waals surface area contributed by atoms with Crippen LogP contribution < -0.4 is 0 Å². The summed E-state index contributed by atoms with van der Waals surface area (Å²) in [5.74, 6) is 0. The highest BCUT2D eigenvalue weighted by Crippen LogP contribution is 2.53. The van der Waals surface area contributed by atoms with E-state index in [0.717, 1.165) is 6.42 Å². The van der Waals surface area contributed by atoms with E-state index in [4.69, 9.17) is 0 Å². The molecule has 0 atom stereocenters. The highest BCUT2D eigenvalue weighted by Gasteiger charge is 2.28.